The summed E-state index contributed by atoms with van der Waals surface area (Å²) in [5, 5.41) is 18.0. The van der Waals surface area contributed by atoms with Crippen molar-refractivity contribution in [3.05, 3.63) is 87.8 Å². The molecule has 2 aromatic carbocycles. The molecular weight excluding hydrogens is 489 g/mol. The van der Waals surface area contributed by atoms with Crippen molar-refractivity contribution in [2.45, 2.75) is 11.4 Å². The van der Waals surface area contributed by atoms with Gasteiger partial charge in [-0.1, -0.05) is 17.7 Å². The van der Waals surface area contributed by atoms with Gasteiger partial charge in [0.05, 0.1) is 21.2 Å². The zero-order valence-electron chi connectivity index (χ0n) is 17.2. The molecule has 0 aliphatic heterocycles. The van der Waals surface area contributed by atoms with E-state index in [4.69, 9.17) is 11.6 Å². The summed E-state index contributed by atoms with van der Waals surface area (Å²) in [4.78, 5) is 14.4. The lowest BCUT2D eigenvalue weighted by Crippen LogP contribution is -2.12. The molecule has 0 unspecified atom stereocenters. The van der Waals surface area contributed by atoms with Crippen molar-refractivity contribution in [3.8, 4) is 0 Å². The number of nitro benzene ring substituents is 1. The number of nitro groups is 1. The lowest BCUT2D eigenvalue weighted by Gasteiger charge is -2.11. The zero-order chi connectivity index (χ0) is 22.9. The number of halogens is 2. The van der Waals surface area contributed by atoms with Crippen LogP contribution in [0.1, 0.15) is 5.56 Å². The number of non-ortho nitro benzene ring substituents is 1. The van der Waals surface area contributed by atoms with E-state index in [1.54, 1.807) is 31.4 Å². The van der Waals surface area contributed by atoms with Crippen LogP contribution in [0, 0.1) is 10.1 Å². The van der Waals surface area contributed by atoms with E-state index in [9.17, 15) is 18.5 Å². The number of anilines is 2. The van der Waals surface area contributed by atoms with E-state index < -0.39 is 14.9 Å². The number of nitrogens with zero attached hydrogens (tertiary/aromatic N) is 3. The van der Waals surface area contributed by atoms with E-state index in [0.29, 0.717) is 23.4 Å². The normalized spacial score (nSPS) is 11.2. The molecule has 33 heavy (non-hydrogen) atoms. The molecule has 0 amide bonds. The molecule has 2 heterocycles. The molecule has 0 fully saturated rings. The largest absolute Gasteiger partial charge is 0.354 e. The summed E-state index contributed by atoms with van der Waals surface area (Å²) in [6.45, 7) is 0.479. The van der Waals surface area contributed by atoms with Crippen molar-refractivity contribution < 1.29 is 13.3 Å². The van der Waals surface area contributed by atoms with Crippen LogP contribution >= 0.6 is 24.0 Å². The van der Waals surface area contributed by atoms with Gasteiger partial charge in [-0.05, 0) is 42.9 Å². The van der Waals surface area contributed by atoms with E-state index >= 15 is 0 Å². The van der Waals surface area contributed by atoms with Gasteiger partial charge in [-0.3, -0.25) is 15.1 Å². The molecule has 12 heteroatoms. The first kappa shape index (κ1) is 24.5. The Kier molecular flexibility index (Phi) is 7.23. The number of hydrogen-bond acceptors (Lipinski definition) is 7. The Morgan fingerprint density at radius 1 is 1.18 bits per heavy atom. The average molecular weight is 508 g/mol. The third-order valence-electron chi connectivity index (χ3n) is 4.86. The number of benzene rings is 2. The Labute approximate surface area is 201 Å². The van der Waals surface area contributed by atoms with Gasteiger partial charge in [0.25, 0.3) is 15.7 Å². The molecule has 4 aromatic rings. The summed E-state index contributed by atoms with van der Waals surface area (Å²) in [5.41, 5.74) is 2.20. The molecule has 172 valence electrons. The molecule has 0 aliphatic rings. The maximum absolute atomic E-state index is 13.3. The van der Waals surface area contributed by atoms with Crippen LogP contribution in [0.5, 0.6) is 0 Å². The maximum Gasteiger partial charge on any atom is 0.271 e. The summed E-state index contributed by atoms with van der Waals surface area (Å²) in [6, 6.07) is 12.5. The van der Waals surface area contributed by atoms with Gasteiger partial charge in [0.15, 0.2) is 0 Å². The molecule has 0 saturated heterocycles. The first-order chi connectivity index (χ1) is 15.3. The molecule has 9 nitrogen and oxygen atoms in total. The molecule has 0 spiro atoms. The lowest BCUT2D eigenvalue weighted by atomic mass is 10.1. The van der Waals surface area contributed by atoms with Crippen molar-refractivity contribution in [2.75, 3.05) is 12.4 Å². The Hall–Kier alpha value is -3.18. The summed E-state index contributed by atoms with van der Waals surface area (Å²) in [7, 11) is -2.10. The van der Waals surface area contributed by atoms with E-state index in [1.165, 1.54) is 40.6 Å². The molecule has 0 atom stereocenters. The minimum atomic E-state index is -3.88. The summed E-state index contributed by atoms with van der Waals surface area (Å²) in [5.74, 6) is 0. The monoisotopic (exact) mass is 507 g/mol. The van der Waals surface area contributed by atoms with Crippen LogP contribution in [0.3, 0.4) is 0 Å². The Bertz CT molecular complexity index is 1430. The Morgan fingerprint density at radius 2 is 1.97 bits per heavy atom. The van der Waals surface area contributed by atoms with Crippen LogP contribution in [-0.2, 0) is 16.6 Å². The van der Waals surface area contributed by atoms with Gasteiger partial charge in [-0.2, -0.15) is 0 Å². The third kappa shape index (κ3) is 4.79. The van der Waals surface area contributed by atoms with Crippen molar-refractivity contribution in [1.29, 1.82) is 0 Å². The van der Waals surface area contributed by atoms with Crippen molar-refractivity contribution >= 4 is 62.0 Å². The number of nitrogens with one attached hydrogen (secondary N) is 2. The average Bonchev–Trinajstić information content (AvgIpc) is 3.14. The van der Waals surface area contributed by atoms with Crippen LogP contribution in [0.2, 0.25) is 5.02 Å². The molecule has 0 radical (unpaired) electrons. The topological polar surface area (TPSA) is 119 Å². The van der Waals surface area contributed by atoms with Gasteiger partial charge in [0, 0.05) is 48.3 Å². The van der Waals surface area contributed by atoms with Crippen molar-refractivity contribution in [3.63, 3.8) is 0 Å². The second-order valence-corrected chi connectivity index (χ2v) is 9.17. The van der Waals surface area contributed by atoms with Gasteiger partial charge in [0.2, 0.25) is 0 Å². The number of pyridine rings is 1. The fraction of sp³-hybridized carbons (Fsp3) is 0.0952. The highest BCUT2D eigenvalue weighted by Gasteiger charge is 2.22. The predicted octanol–water partition coefficient (Wildman–Crippen LogP) is 4.72. The number of rotatable bonds is 7. The summed E-state index contributed by atoms with van der Waals surface area (Å²) in [6.07, 6.45) is 4.40. The van der Waals surface area contributed by atoms with Crippen molar-refractivity contribution in [2.24, 2.45) is 0 Å². The first-order valence-electron chi connectivity index (χ1n) is 9.46. The fourth-order valence-corrected chi connectivity index (χ4v) is 4.93. The number of fused-ring (bicyclic) bond motifs is 1. The van der Waals surface area contributed by atoms with Gasteiger partial charge in [-0.15, -0.1) is 12.4 Å². The van der Waals surface area contributed by atoms with E-state index in [2.05, 4.69) is 15.6 Å². The first-order valence-corrected chi connectivity index (χ1v) is 11.3. The van der Waals surface area contributed by atoms with Crippen LogP contribution < -0.4 is 10.6 Å². The second kappa shape index (κ2) is 9.75. The minimum Gasteiger partial charge on any atom is -0.354 e. The fourth-order valence-electron chi connectivity index (χ4n) is 3.36. The summed E-state index contributed by atoms with van der Waals surface area (Å²) >= 11 is 6.19. The smallest absolute Gasteiger partial charge is 0.271 e. The van der Waals surface area contributed by atoms with Gasteiger partial charge < -0.3 is 10.6 Å². The Balaban J connectivity index is 0.00000306. The third-order valence-corrected chi connectivity index (χ3v) is 6.83. The standard InChI is InChI=1S/C21H18ClN5O4S.ClH/c1-23-11-14-13-26(32(30,31)17-3-2-8-24-12-17)21-9-15(4-6-18(14)21)25-20-7-5-16(27(28)29)10-19(20)22;/h2-10,12-13,23,25H,11H2,1H3;1H. The second-order valence-electron chi connectivity index (χ2n) is 6.95. The highest BCUT2D eigenvalue weighted by Crippen LogP contribution is 2.32. The highest BCUT2D eigenvalue weighted by molar-refractivity contribution is 7.90. The molecule has 0 saturated carbocycles. The van der Waals surface area contributed by atoms with E-state index in [0.717, 1.165) is 10.9 Å². The van der Waals surface area contributed by atoms with Crippen molar-refractivity contribution in [1.82, 2.24) is 14.3 Å². The van der Waals surface area contributed by atoms with Crippen LogP contribution in [0.15, 0.2) is 72.0 Å². The van der Waals surface area contributed by atoms with E-state index in [-0.39, 0.29) is 28.0 Å². The Morgan fingerprint density at radius 3 is 2.61 bits per heavy atom. The predicted molar refractivity (Wildman–Crippen MR) is 130 cm³/mol. The molecule has 4 rings (SSSR count). The van der Waals surface area contributed by atoms with Crippen LogP contribution in [0.4, 0.5) is 17.1 Å². The number of aromatic nitrogens is 2. The summed E-state index contributed by atoms with van der Waals surface area (Å²) < 4.78 is 27.8. The molecule has 2 N–H and O–H groups in total. The molecule has 2 aromatic heterocycles. The molecular formula is C21H19Cl2N5O4S. The van der Waals surface area contributed by atoms with Gasteiger partial charge in [-0.25, -0.2) is 12.4 Å². The molecule has 0 aliphatic carbocycles. The molecule has 0 bridgehead atoms. The van der Waals surface area contributed by atoms with Gasteiger partial charge in [0.1, 0.15) is 4.90 Å². The quantitative estimate of drug-likeness (QED) is 0.274. The SMILES string of the molecule is CNCc1cn(S(=O)(=O)c2cccnc2)c2cc(Nc3ccc([N+](=O)[O-])cc3Cl)ccc12.Cl. The number of hydrogen-bond donors (Lipinski definition) is 2. The lowest BCUT2D eigenvalue weighted by molar-refractivity contribution is -0.384. The van der Waals surface area contributed by atoms with Gasteiger partial charge >= 0.3 is 0 Å². The minimum absolute atomic E-state index is 0. The van der Waals surface area contributed by atoms with Crippen LogP contribution in [0.25, 0.3) is 10.9 Å². The van der Waals surface area contributed by atoms with E-state index in [1.807, 2.05) is 6.07 Å². The zero-order valence-corrected chi connectivity index (χ0v) is 19.6. The maximum atomic E-state index is 13.3. The van der Waals surface area contributed by atoms with Crippen LogP contribution in [-0.4, -0.2) is 29.3 Å². The highest BCUT2D eigenvalue weighted by atomic mass is 35.5.